The molecule has 0 spiro atoms. The number of thiophene rings is 1. The molecule has 0 fully saturated rings. The molecular weight excluding hydrogens is 280 g/mol. The van der Waals surface area contributed by atoms with Gasteiger partial charge in [-0.25, -0.2) is 9.78 Å². The van der Waals surface area contributed by atoms with Crippen LogP contribution in [-0.4, -0.2) is 18.1 Å². The molecule has 2 N–H and O–H groups in total. The highest BCUT2D eigenvalue weighted by Crippen LogP contribution is 2.44. The maximum atomic E-state index is 11.8. The Morgan fingerprint density at radius 2 is 2.11 bits per heavy atom. The minimum atomic E-state index is -0.378. The number of ether oxygens (including phenoxy) is 1. The summed E-state index contributed by atoms with van der Waals surface area (Å²) in [5, 5.41) is 0.997. The van der Waals surface area contributed by atoms with Gasteiger partial charge < -0.3 is 10.5 Å². The number of aromatic nitrogens is 1. The molecule has 0 aromatic carbocycles. The van der Waals surface area contributed by atoms with Crippen LogP contribution in [0.2, 0.25) is 0 Å². The van der Waals surface area contributed by atoms with E-state index in [0.29, 0.717) is 10.6 Å². The van der Waals surface area contributed by atoms with E-state index in [1.165, 1.54) is 18.4 Å². The number of hydrogen-bond donors (Lipinski definition) is 1. The predicted octanol–water partition coefficient (Wildman–Crippen LogP) is 3.67. The molecule has 102 valence electrons. The summed E-state index contributed by atoms with van der Waals surface area (Å²) in [7, 11) is 1.37. The van der Waals surface area contributed by atoms with Gasteiger partial charge in [-0.2, -0.15) is 0 Å². The maximum absolute atomic E-state index is 11.8. The molecule has 19 heavy (non-hydrogen) atoms. The number of rotatable bonds is 3. The Kier molecular flexibility index (Phi) is 3.91. The Morgan fingerprint density at radius 1 is 1.42 bits per heavy atom. The topological polar surface area (TPSA) is 65.2 Å². The zero-order chi connectivity index (χ0) is 14.2. The van der Waals surface area contributed by atoms with Crippen LogP contribution in [0.25, 0.3) is 9.75 Å². The van der Waals surface area contributed by atoms with Crippen LogP contribution in [0.4, 0.5) is 5.69 Å². The summed E-state index contributed by atoms with van der Waals surface area (Å²) >= 11 is 2.99. The van der Waals surface area contributed by atoms with Crippen LogP contribution in [0.1, 0.15) is 40.0 Å². The van der Waals surface area contributed by atoms with Crippen LogP contribution in [0.15, 0.2) is 6.20 Å². The fourth-order valence-electron chi connectivity index (χ4n) is 1.92. The number of nitrogens with two attached hydrogens (primary N) is 1. The maximum Gasteiger partial charge on any atom is 0.350 e. The minimum Gasteiger partial charge on any atom is -0.465 e. The standard InChI is InChI=1S/C13H16N2O2S2/c1-6(2)9-10(14)12(13(16)17-4)19-11(9)8-5-15-7(3)18-8/h5-6H,14H2,1-4H3. The molecule has 2 heterocycles. The van der Waals surface area contributed by atoms with Crippen LogP contribution < -0.4 is 5.73 Å². The zero-order valence-electron chi connectivity index (χ0n) is 11.3. The Hall–Kier alpha value is -1.40. The van der Waals surface area contributed by atoms with Crippen molar-refractivity contribution in [3.8, 4) is 9.75 Å². The highest BCUT2D eigenvalue weighted by Gasteiger charge is 2.24. The number of nitrogen functional groups attached to an aromatic ring is 1. The molecule has 0 bridgehead atoms. The van der Waals surface area contributed by atoms with Crippen molar-refractivity contribution >= 4 is 34.3 Å². The summed E-state index contributed by atoms with van der Waals surface area (Å²) in [4.78, 5) is 18.6. The number of thiazole rings is 1. The third-order valence-corrected chi connectivity index (χ3v) is 5.07. The van der Waals surface area contributed by atoms with E-state index >= 15 is 0 Å². The van der Waals surface area contributed by atoms with Gasteiger partial charge in [0.15, 0.2) is 0 Å². The first-order chi connectivity index (χ1) is 8.95. The molecule has 0 saturated carbocycles. The van der Waals surface area contributed by atoms with Crippen molar-refractivity contribution in [2.75, 3.05) is 12.8 Å². The monoisotopic (exact) mass is 296 g/mol. The molecule has 0 unspecified atom stereocenters. The zero-order valence-corrected chi connectivity index (χ0v) is 12.9. The molecule has 6 heteroatoms. The third kappa shape index (κ3) is 2.50. The van der Waals surface area contributed by atoms with Gasteiger partial charge in [-0.05, 0) is 18.4 Å². The fraction of sp³-hybridized carbons (Fsp3) is 0.385. The molecule has 2 aromatic rings. The van der Waals surface area contributed by atoms with Crippen LogP contribution in [-0.2, 0) is 4.74 Å². The third-order valence-electron chi connectivity index (χ3n) is 2.78. The van der Waals surface area contributed by atoms with E-state index in [1.54, 1.807) is 11.3 Å². The lowest BCUT2D eigenvalue weighted by molar-refractivity contribution is 0.0607. The van der Waals surface area contributed by atoms with E-state index in [9.17, 15) is 4.79 Å². The van der Waals surface area contributed by atoms with Gasteiger partial charge in [-0.1, -0.05) is 13.8 Å². The average Bonchev–Trinajstić information content (AvgIpc) is 2.92. The number of hydrogen-bond acceptors (Lipinski definition) is 6. The summed E-state index contributed by atoms with van der Waals surface area (Å²) in [6.07, 6.45) is 1.83. The lowest BCUT2D eigenvalue weighted by Gasteiger charge is -2.07. The summed E-state index contributed by atoms with van der Waals surface area (Å²) in [5.41, 5.74) is 7.66. The molecule has 2 aromatic heterocycles. The van der Waals surface area contributed by atoms with E-state index in [4.69, 9.17) is 10.5 Å². The van der Waals surface area contributed by atoms with Crippen LogP contribution >= 0.6 is 22.7 Å². The Morgan fingerprint density at radius 3 is 2.58 bits per heavy atom. The van der Waals surface area contributed by atoms with Crippen molar-refractivity contribution < 1.29 is 9.53 Å². The molecule has 4 nitrogen and oxygen atoms in total. The Balaban J connectivity index is 2.63. The Labute approximate surface area is 120 Å². The van der Waals surface area contributed by atoms with E-state index in [2.05, 4.69) is 18.8 Å². The quantitative estimate of drug-likeness (QED) is 0.878. The van der Waals surface area contributed by atoms with E-state index in [-0.39, 0.29) is 11.9 Å². The minimum absolute atomic E-state index is 0.243. The van der Waals surface area contributed by atoms with Crippen molar-refractivity contribution in [2.24, 2.45) is 0 Å². The number of carbonyl (C=O) groups excluding carboxylic acids is 1. The van der Waals surface area contributed by atoms with Gasteiger partial charge in [-0.3, -0.25) is 0 Å². The van der Waals surface area contributed by atoms with Crippen LogP contribution in [0.5, 0.6) is 0 Å². The normalized spacial score (nSPS) is 11.0. The molecule has 0 amide bonds. The second-order valence-corrected chi connectivity index (χ2v) is 6.73. The number of esters is 1. The van der Waals surface area contributed by atoms with Crippen molar-refractivity contribution in [2.45, 2.75) is 26.7 Å². The van der Waals surface area contributed by atoms with Gasteiger partial charge in [0.05, 0.1) is 27.6 Å². The fourth-order valence-corrected chi connectivity index (χ4v) is 4.10. The van der Waals surface area contributed by atoms with Crippen LogP contribution in [0, 0.1) is 6.92 Å². The molecule has 0 atom stereocenters. The molecule has 0 aliphatic heterocycles. The average molecular weight is 296 g/mol. The number of anilines is 1. The number of nitrogens with zero attached hydrogens (tertiary/aromatic N) is 1. The lowest BCUT2D eigenvalue weighted by atomic mass is 10.0. The van der Waals surface area contributed by atoms with Gasteiger partial charge in [0.2, 0.25) is 0 Å². The molecule has 0 aliphatic carbocycles. The van der Waals surface area contributed by atoms with Crippen molar-refractivity contribution in [1.82, 2.24) is 4.98 Å². The van der Waals surface area contributed by atoms with Gasteiger partial charge in [-0.15, -0.1) is 22.7 Å². The first-order valence-electron chi connectivity index (χ1n) is 5.89. The SMILES string of the molecule is COC(=O)c1sc(-c2cnc(C)s2)c(C(C)C)c1N. The molecule has 0 aliphatic rings. The molecule has 2 rings (SSSR count). The van der Waals surface area contributed by atoms with Gasteiger partial charge in [0, 0.05) is 6.20 Å². The summed E-state index contributed by atoms with van der Waals surface area (Å²) in [6.45, 7) is 6.09. The van der Waals surface area contributed by atoms with Gasteiger partial charge in [0.25, 0.3) is 0 Å². The van der Waals surface area contributed by atoms with Gasteiger partial charge in [0.1, 0.15) is 4.88 Å². The summed E-state index contributed by atoms with van der Waals surface area (Å²) < 4.78 is 4.79. The molecular formula is C13H16N2O2S2. The largest absolute Gasteiger partial charge is 0.465 e. The first-order valence-corrected chi connectivity index (χ1v) is 7.52. The predicted molar refractivity (Wildman–Crippen MR) is 80.0 cm³/mol. The second-order valence-electron chi connectivity index (χ2n) is 4.48. The summed E-state index contributed by atoms with van der Waals surface area (Å²) in [6, 6.07) is 0. The summed E-state index contributed by atoms with van der Waals surface area (Å²) in [5.74, 6) is -0.135. The Bertz CT molecular complexity index is 614. The number of carbonyl (C=O) groups is 1. The molecule has 0 radical (unpaired) electrons. The van der Waals surface area contributed by atoms with Crippen LogP contribution in [0.3, 0.4) is 0 Å². The van der Waals surface area contributed by atoms with Crippen molar-refractivity contribution in [3.63, 3.8) is 0 Å². The highest BCUT2D eigenvalue weighted by molar-refractivity contribution is 7.23. The number of aryl methyl sites for hydroxylation is 1. The van der Waals surface area contributed by atoms with Crippen molar-refractivity contribution in [1.29, 1.82) is 0 Å². The van der Waals surface area contributed by atoms with E-state index < -0.39 is 0 Å². The lowest BCUT2D eigenvalue weighted by Crippen LogP contribution is -2.03. The van der Waals surface area contributed by atoms with E-state index in [0.717, 1.165) is 20.3 Å². The molecule has 0 saturated heterocycles. The second kappa shape index (κ2) is 5.30. The highest BCUT2D eigenvalue weighted by atomic mass is 32.1. The van der Waals surface area contributed by atoms with Gasteiger partial charge >= 0.3 is 5.97 Å². The number of methoxy groups -OCH3 is 1. The van der Waals surface area contributed by atoms with Crippen molar-refractivity contribution in [3.05, 3.63) is 21.6 Å². The smallest absolute Gasteiger partial charge is 0.350 e. The first kappa shape index (κ1) is 14.0. The van der Waals surface area contributed by atoms with E-state index in [1.807, 2.05) is 13.1 Å².